The Hall–Kier alpha value is -2.48. The van der Waals surface area contributed by atoms with E-state index in [1.165, 1.54) is 0 Å². The molecule has 0 spiro atoms. The lowest BCUT2D eigenvalue weighted by Gasteiger charge is -2.22. The van der Waals surface area contributed by atoms with Crippen LogP contribution in [0.1, 0.15) is 33.5 Å². The number of benzene rings is 3. The van der Waals surface area contributed by atoms with Crippen LogP contribution in [0.25, 0.3) is 0 Å². The van der Waals surface area contributed by atoms with Crippen molar-refractivity contribution in [3.63, 3.8) is 0 Å². The summed E-state index contributed by atoms with van der Waals surface area (Å²) in [6, 6.07) is 22.2. The highest BCUT2D eigenvalue weighted by atomic mass is 31.2. The van der Waals surface area contributed by atoms with Crippen LogP contribution in [-0.2, 0) is 9.09 Å². The molecular formula is C24H25O3P. The van der Waals surface area contributed by atoms with E-state index in [4.69, 9.17) is 4.52 Å². The van der Waals surface area contributed by atoms with E-state index >= 15 is 0 Å². The molecule has 0 radical (unpaired) electrons. The first-order valence-electron chi connectivity index (χ1n) is 9.39. The normalized spacial score (nSPS) is 13.1. The maximum absolute atomic E-state index is 14.1. The molecule has 1 atom stereocenters. The quantitative estimate of drug-likeness (QED) is 0.414. The molecule has 4 heteroatoms. The lowest BCUT2D eigenvalue weighted by atomic mass is 10.1. The number of hydrogen-bond acceptors (Lipinski definition) is 3. The summed E-state index contributed by atoms with van der Waals surface area (Å²) in [5.41, 5.74) is 3.88. The first-order chi connectivity index (χ1) is 13.4. The van der Waals surface area contributed by atoms with Gasteiger partial charge in [-0.2, -0.15) is 0 Å². The maximum atomic E-state index is 14.1. The Labute approximate surface area is 166 Å². The second-order valence-corrected chi connectivity index (χ2v) is 9.27. The highest BCUT2D eigenvalue weighted by molar-refractivity contribution is 7.74. The molecule has 3 aromatic carbocycles. The zero-order valence-electron chi connectivity index (χ0n) is 16.5. The summed E-state index contributed by atoms with van der Waals surface area (Å²) >= 11 is 0. The van der Waals surface area contributed by atoms with E-state index < -0.39 is 7.37 Å². The van der Waals surface area contributed by atoms with Crippen molar-refractivity contribution in [2.45, 2.75) is 27.2 Å². The molecular weight excluding hydrogens is 367 g/mol. The third kappa shape index (κ3) is 4.16. The minimum absolute atomic E-state index is 0.0166. The highest BCUT2D eigenvalue weighted by Gasteiger charge is 2.31. The topological polar surface area (TPSA) is 43.4 Å². The smallest absolute Gasteiger partial charge is 0.261 e. The molecule has 0 saturated carbocycles. The molecule has 28 heavy (non-hydrogen) atoms. The fourth-order valence-corrected chi connectivity index (χ4v) is 5.56. The van der Waals surface area contributed by atoms with E-state index in [0.29, 0.717) is 16.2 Å². The number of carbonyl (C=O) groups is 1. The minimum Gasteiger partial charge on any atom is -0.322 e. The van der Waals surface area contributed by atoms with E-state index in [9.17, 15) is 9.36 Å². The van der Waals surface area contributed by atoms with Crippen LogP contribution in [0.2, 0.25) is 0 Å². The van der Waals surface area contributed by atoms with Crippen LogP contribution in [-0.4, -0.2) is 12.4 Å². The lowest BCUT2D eigenvalue weighted by Crippen LogP contribution is -2.22. The van der Waals surface area contributed by atoms with Crippen LogP contribution in [0, 0.1) is 20.8 Å². The molecule has 144 valence electrons. The van der Waals surface area contributed by atoms with Crippen LogP contribution in [0.4, 0.5) is 0 Å². The summed E-state index contributed by atoms with van der Waals surface area (Å²) in [6.45, 7) is 6.15. The molecule has 0 amide bonds. The van der Waals surface area contributed by atoms with Gasteiger partial charge >= 0.3 is 0 Å². The summed E-state index contributed by atoms with van der Waals surface area (Å²) in [7, 11) is -3.31. The van der Waals surface area contributed by atoms with Crippen LogP contribution in [0.15, 0.2) is 72.8 Å². The summed E-state index contributed by atoms with van der Waals surface area (Å²) in [4.78, 5) is 12.4. The van der Waals surface area contributed by atoms with E-state index in [0.717, 1.165) is 16.7 Å². The largest absolute Gasteiger partial charge is 0.322 e. The Morgan fingerprint density at radius 1 is 0.821 bits per heavy atom. The number of Topliss-reactive ketones (excluding diaryl/α,β-unsaturated/α-hetero) is 1. The molecule has 0 bridgehead atoms. The Bertz CT molecular complexity index is 1010. The van der Waals surface area contributed by atoms with Crippen molar-refractivity contribution in [3.05, 3.63) is 95.1 Å². The number of ketones is 1. The van der Waals surface area contributed by atoms with Gasteiger partial charge < -0.3 is 4.52 Å². The number of rotatable bonds is 7. The van der Waals surface area contributed by atoms with Crippen molar-refractivity contribution in [3.8, 4) is 0 Å². The van der Waals surface area contributed by atoms with Crippen LogP contribution in [0.5, 0.6) is 0 Å². The molecule has 0 heterocycles. The Morgan fingerprint density at radius 2 is 1.43 bits per heavy atom. The van der Waals surface area contributed by atoms with Gasteiger partial charge in [-0.15, -0.1) is 0 Å². The SMILES string of the molecule is Cc1ccc(P(=O)(OCCC(=O)c2ccccc2)c2ccccc2)c(C)c1C. The zero-order chi connectivity index (χ0) is 20.1. The van der Waals surface area contributed by atoms with Crippen molar-refractivity contribution in [2.75, 3.05) is 6.61 Å². The minimum atomic E-state index is -3.31. The standard InChI is InChI=1S/C24H25O3P/c1-18-14-15-24(20(3)19(18)2)28(26,22-12-8-5-9-13-22)27-17-16-23(25)21-10-6-4-7-11-21/h4-15H,16-17H2,1-3H3. The van der Waals surface area contributed by atoms with Gasteiger partial charge in [-0.05, 0) is 55.7 Å². The van der Waals surface area contributed by atoms with Gasteiger partial charge in [0.2, 0.25) is 0 Å². The van der Waals surface area contributed by atoms with Crippen molar-refractivity contribution in [2.24, 2.45) is 0 Å². The number of carbonyl (C=O) groups excluding carboxylic acids is 1. The molecule has 1 unspecified atom stereocenters. The van der Waals surface area contributed by atoms with E-state index in [-0.39, 0.29) is 18.8 Å². The Kier molecular flexibility index (Phi) is 6.28. The maximum Gasteiger partial charge on any atom is 0.261 e. The van der Waals surface area contributed by atoms with Gasteiger partial charge in [0.05, 0.1) is 6.61 Å². The monoisotopic (exact) mass is 392 g/mol. The van der Waals surface area contributed by atoms with Gasteiger partial charge in [0.1, 0.15) is 0 Å². The molecule has 3 rings (SSSR count). The zero-order valence-corrected chi connectivity index (χ0v) is 17.4. The average molecular weight is 392 g/mol. The van der Waals surface area contributed by atoms with Gasteiger partial charge in [-0.3, -0.25) is 9.36 Å². The summed E-state index contributed by atoms with van der Waals surface area (Å²) in [6.07, 6.45) is 0.185. The Balaban J connectivity index is 1.90. The van der Waals surface area contributed by atoms with Crippen LogP contribution in [0.3, 0.4) is 0 Å². The lowest BCUT2D eigenvalue weighted by molar-refractivity contribution is 0.0964. The van der Waals surface area contributed by atoms with Crippen LogP contribution < -0.4 is 10.6 Å². The molecule has 3 nitrogen and oxygen atoms in total. The number of hydrogen-bond donors (Lipinski definition) is 0. The van der Waals surface area contributed by atoms with Gasteiger partial charge in [-0.1, -0.05) is 54.6 Å². The van der Waals surface area contributed by atoms with E-state index in [1.807, 2.05) is 81.4 Å². The first kappa shape index (κ1) is 20.3. The van der Waals surface area contributed by atoms with Gasteiger partial charge in [0.25, 0.3) is 7.37 Å². The van der Waals surface area contributed by atoms with Crippen LogP contribution >= 0.6 is 7.37 Å². The van der Waals surface area contributed by atoms with Gasteiger partial charge in [0, 0.05) is 22.6 Å². The van der Waals surface area contributed by atoms with Crippen molar-refractivity contribution in [1.29, 1.82) is 0 Å². The molecule has 0 N–H and O–H groups in total. The molecule has 3 aromatic rings. The summed E-state index contributed by atoms with van der Waals surface area (Å²) in [5, 5.41) is 1.35. The molecule has 0 aliphatic heterocycles. The van der Waals surface area contributed by atoms with Crippen molar-refractivity contribution in [1.82, 2.24) is 0 Å². The predicted octanol–water partition coefficient (Wildman–Crippen LogP) is 5.13. The third-order valence-corrected chi connectivity index (χ3v) is 7.78. The fraction of sp³-hybridized carbons (Fsp3) is 0.208. The van der Waals surface area contributed by atoms with E-state index in [2.05, 4.69) is 0 Å². The third-order valence-electron chi connectivity index (χ3n) is 5.14. The molecule has 0 fully saturated rings. The van der Waals surface area contributed by atoms with E-state index in [1.54, 1.807) is 12.1 Å². The van der Waals surface area contributed by atoms with Gasteiger partial charge in [-0.25, -0.2) is 0 Å². The second-order valence-electron chi connectivity index (χ2n) is 6.91. The fourth-order valence-electron chi connectivity index (χ4n) is 3.20. The first-order valence-corrected chi connectivity index (χ1v) is 11.0. The summed E-state index contributed by atoms with van der Waals surface area (Å²) in [5.74, 6) is -0.0166. The molecule has 0 aromatic heterocycles. The average Bonchev–Trinajstić information content (AvgIpc) is 2.73. The van der Waals surface area contributed by atoms with Crippen molar-refractivity contribution < 1.29 is 13.9 Å². The number of aryl methyl sites for hydroxylation is 1. The molecule has 0 saturated heterocycles. The molecule has 0 aliphatic carbocycles. The predicted molar refractivity (Wildman–Crippen MR) is 115 cm³/mol. The molecule has 0 aliphatic rings. The second kappa shape index (κ2) is 8.68. The Morgan fingerprint density at radius 3 is 2.07 bits per heavy atom. The van der Waals surface area contributed by atoms with Crippen molar-refractivity contribution >= 4 is 23.8 Å². The highest BCUT2D eigenvalue weighted by Crippen LogP contribution is 2.46. The van der Waals surface area contributed by atoms with Gasteiger partial charge in [0.15, 0.2) is 5.78 Å². The summed E-state index contributed by atoms with van der Waals surface area (Å²) < 4.78 is 20.1.